The van der Waals surface area contributed by atoms with E-state index in [1.807, 2.05) is 48.5 Å². The largest absolute Gasteiger partial charge is 0.455 e. The van der Waals surface area contributed by atoms with Crippen molar-refractivity contribution in [1.29, 1.82) is 0 Å². The van der Waals surface area contributed by atoms with Crippen LogP contribution in [0.4, 0.5) is 0 Å². The molecular weight excluding hydrogens is 623 g/mol. The molecule has 0 N–H and O–H groups in total. The molecule has 0 spiro atoms. The molecule has 2 heterocycles. The Kier molecular flexibility index (Phi) is 6.78. The average Bonchev–Trinajstić information content (AvgIpc) is 3.61. The van der Waals surface area contributed by atoms with Gasteiger partial charge in [-0.05, 0) is 62.7 Å². The van der Waals surface area contributed by atoms with E-state index in [1.54, 1.807) is 0 Å². The fraction of sp³-hybridized carbons (Fsp3) is 0. The number of fused-ring (bicyclic) bond motifs is 6. The van der Waals surface area contributed by atoms with Crippen molar-refractivity contribution >= 4 is 43.5 Å². The van der Waals surface area contributed by atoms with Crippen LogP contribution in [0.3, 0.4) is 0 Å². The van der Waals surface area contributed by atoms with Gasteiger partial charge in [-0.25, -0.2) is 15.0 Å². The summed E-state index contributed by atoms with van der Waals surface area (Å²) in [5.74, 6) is 1.84. The van der Waals surface area contributed by atoms with Crippen molar-refractivity contribution in [3.05, 3.63) is 176 Å². The zero-order chi connectivity index (χ0) is 33.7. The maximum Gasteiger partial charge on any atom is 0.164 e. The Bertz CT molecular complexity index is 2900. The Morgan fingerprint density at radius 3 is 1.63 bits per heavy atom. The van der Waals surface area contributed by atoms with Crippen LogP contribution in [0.15, 0.2) is 180 Å². The van der Waals surface area contributed by atoms with Crippen molar-refractivity contribution in [3.8, 4) is 56.4 Å². The van der Waals surface area contributed by atoms with Crippen molar-refractivity contribution in [2.45, 2.75) is 0 Å². The lowest BCUT2D eigenvalue weighted by Crippen LogP contribution is -2.00. The third kappa shape index (κ3) is 5.13. The summed E-state index contributed by atoms with van der Waals surface area (Å²) in [4.78, 5) is 15.4. The van der Waals surface area contributed by atoms with Gasteiger partial charge in [0, 0.05) is 32.8 Å². The van der Waals surface area contributed by atoms with Crippen molar-refractivity contribution < 1.29 is 4.42 Å². The Hall–Kier alpha value is -6.91. The molecule has 10 aromatic rings. The smallest absolute Gasteiger partial charge is 0.164 e. The minimum absolute atomic E-state index is 0.600. The number of hydrogen-bond donors (Lipinski definition) is 0. The Morgan fingerprint density at radius 1 is 0.333 bits per heavy atom. The molecule has 0 aliphatic rings. The SMILES string of the molecule is c1ccc(-c2ccc3cc(-c4nc(-c5ccccc5)nc(-c5ccc(-c6ccc7ccccc7c6)cc5)n4)c4c5ccccc5oc4c3c2)cc1. The molecule has 0 radical (unpaired) electrons. The number of nitrogens with zero attached hydrogens (tertiary/aromatic N) is 3. The van der Waals surface area contributed by atoms with Crippen molar-refractivity contribution in [1.82, 2.24) is 15.0 Å². The first-order valence-corrected chi connectivity index (χ1v) is 17.1. The van der Waals surface area contributed by atoms with E-state index in [2.05, 4.69) is 127 Å². The highest BCUT2D eigenvalue weighted by Gasteiger charge is 2.20. The second-order valence-electron chi connectivity index (χ2n) is 12.8. The van der Waals surface area contributed by atoms with Crippen LogP contribution in [0.25, 0.3) is 99.9 Å². The lowest BCUT2D eigenvalue weighted by Gasteiger charge is -2.12. The molecule has 4 nitrogen and oxygen atoms in total. The lowest BCUT2D eigenvalue weighted by molar-refractivity contribution is 0.672. The van der Waals surface area contributed by atoms with E-state index >= 15 is 0 Å². The van der Waals surface area contributed by atoms with Gasteiger partial charge in [0.1, 0.15) is 11.2 Å². The minimum Gasteiger partial charge on any atom is -0.455 e. The van der Waals surface area contributed by atoms with Crippen LogP contribution < -0.4 is 0 Å². The van der Waals surface area contributed by atoms with Gasteiger partial charge in [-0.2, -0.15) is 0 Å². The fourth-order valence-corrected chi connectivity index (χ4v) is 7.12. The van der Waals surface area contributed by atoms with Crippen molar-refractivity contribution in [2.24, 2.45) is 0 Å². The number of furan rings is 1. The van der Waals surface area contributed by atoms with Gasteiger partial charge in [0.2, 0.25) is 0 Å². The van der Waals surface area contributed by atoms with Crippen LogP contribution >= 0.6 is 0 Å². The van der Waals surface area contributed by atoms with Gasteiger partial charge < -0.3 is 4.42 Å². The van der Waals surface area contributed by atoms with Crippen molar-refractivity contribution in [2.75, 3.05) is 0 Å². The normalized spacial score (nSPS) is 11.5. The van der Waals surface area contributed by atoms with Gasteiger partial charge in [0.25, 0.3) is 0 Å². The molecular formula is C47H29N3O. The summed E-state index contributed by atoms with van der Waals surface area (Å²) >= 11 is 0. The molecule has 4 heteroatoms. The predicted octanol–water partition coefficient (Wildman–Crippen LogP) is 12.4. The molecule has 0 aliphatic carbocycles. The predicted molar refractivity (Wildman–Crippen MR) is 209 cm³/mol. The van der Waals surface area contributed by atoms with E-state index in [-0.39, 0.29) is 0 Å². The highest BCUT2D eigenvalue weighted by Crippen LogP contribution is 2.42. The topological polar surface area (TPSA) is 51.8 Å². The first-order chi connectivity index (χ1) is 25.2. The van der Waals surface area contributed by atoms with Crippen LogP contribution in [-0.4, -0.2) is 15.0 Å². The maximum absolute atomic E-state index is 6.66. The summed E-state index contributed by atoms with van der Waals surface area (Å²) in [6.07, 6.45) is 0. The summed E-state index contributed by atoms with van der Waals surface area (Å²) in [6.45, 7) is 0. The standard InChI is InChI=1S/C47H29N3O/c1-3-11-30(12-4-1)37-25-26-38-29-41(43-39-17-9-10-18-42(39)51-44(43)40(38)28-37)47-49-45(33-14-5-2-6-15-33)48-46(50-47)34-22-19-32(20-23-34)36-24-21-31-13-7-8-16-35(31)27-36/h1-29H. The molecule has 0 amide bonds. The van der Waals surface area contributed by atoms with Gasteiger partial charge in [-0.3, -0.25) is 0 Å². The number of hydrogen-bond acceptors (Lipinski definition) is 4. The molecule has 0 bridgehead atoms. The van der Waals surface area contributed by atoms with E-state index in [4.69, 9.17) is 19.4 Å². The molecule has 10 rings (SSSR count). The van der Waals surface area contributed by atoms with Crippen LogP contribution in [0.1, 0.15) is 0 Å². The van der Waals surface area contributed by atoms with E-state index in [9.17, 15) is 0 Å². The second kappa shape index (κ2) is 11.9. The summed E-state index contributed by atoms with van der Waals surface area (Å²) in [6, 6.07) is 61.1. The Balaban J connectivity index is 1.17. The van der Waals surface area contributed by atoms with Gasteiger partial charge >= 0.3 is 0 Å². The molecule has 0 unspecified atom stereocenters. The van der Waals surface area contributed by atoms with Crippen LogP contribution in [-0.2, 0) is 0 Å². The molecule has 0 saturated heterocycles. The number of aromatic nitrogens is 3. The summed E-state index contributed by atoms with van der Waals surface area (Å²) in [5.41, 5.74) is 9.01. The van der Waals surface area contributed by atoms with Gasteiger partial charge in [-0.1, -0.05) is 152 Å². The van der Waals surface area contributed by atoms with Crippen LogP contribution in [0.5, 0.6) is 0 Å². The zero-order valence-electron chi connectivity index (χ0n) is 27.5. The molecule has 0 saturated carbocycles. The fourth-order valence-electron chi connectivity index (χ4n) is 7.12. The molecule has 2 aromatic heterocycles. The second-order valence-corrected chi connectivity index (χ2v) is 12.8. The van der Waals surface area contributed by atoms with E-state index < -0.39 is 0 Å². The van der Waals surface area contributed by atoms with E-state index in [0.29, 0.717) is 17.5 Å². The van der Waals surface area contributed by atoms with E-state index in [1.165, 1.54) is 16.3 Å². The maximum atomic E-state index is 6.66. The molecule has 0 fully saturated rings. The lowest BCUT2D eigenvalue weighted by atomic mass is 9.96. The van der Waals surface area contributed by atoms with Crippen LogP contribution in [0, 0.1) is 0 Å². The first kappa shape index (κ1) is 29.0. The summed E-state index contributed by atoms with van der Waals surface area (Å²) in [5, 5.41) is 6.57. The minimum atomic E-state index is 0.600. The number of para-hydroxylation sites is 1. The molecule has 51 heavy (non-hydrogen) atoms. The third-order valence-electron chi connectivity index (χ3n) is 9.70. The monoisotopic (exact) mass is 651 g/mol. The number of benzene rings is 8. The summed E-state index contributed by atoms with van der Waals surface area (Å²) in [7, 11) is 0. The number of rotatable bonds is 5. The van der Waals surface area contributed by atoms with Gasteiger partial charge in [0.05, 0.1) is 0 Å². The van der Waals surface area contributed by atoms with Crippen LogP contribution in [0.2, 0.25) is 0 Å². The highest BCUT2D eigenvalue weighted by atomic mass is 16.3. The Morgan fingerprint density at radius 2 is 0.863 bits per heavy atom. The van der Waals surface area contributed by atoms with Gasteiger partial charge in [-0.15, -0.1) is 0 Å². The average molecular weight is 652 g/mol. The highest BCUT2D eigenvalue weighted by molar-refractivity contribution is 6.21. The molecule has 0 atom stereocenters. The summed E-state index contributed by atoms with van der Waals surface area (Å²) < 4.78 is 6.66. The van der Waals surface area contributed by atoms with Gasteiger partial charge in [0.15, 0.2) is 17.5 Å². The quantitative estimate of drug-likeness (QED) is 0.186. The van der Waals surface area contributed by atoms with Crippen molar-refractivity contribution in [3.63, 3.8) is 0 Å². The third-order valence-corrected chi connectivity index (χ3v) is 9.70. The molecule has 238 valence electrons. The Labute approximate surface area is 294 Å². The zero-order valence-corrected chi connectivity index (χ0v) is 27.5. The first-order valence-electron chi connectivity index (χ1n) is 17.1. The van der Waals surface area contributed by atoms with E-state index in [0.717, 1.165) is 66.1 Å². The molecule has 8 aromatic carbocycles. The molecule has 0 aliphatic heterocycles.